The van der Waals surface area contributed by atoms with Gasteiger partial charge in [-0.05, 0) is 25.7 Å². The third kappa shape index (κ3) is 5.61. The van der Waals surface area contributed by atoms with Gasteiger partial charge in [0.15, 0.2) is 6.29 Å². The van der Waals surface area contributed by atoms with Gasteiger partial charge in [0, 0.05) is 5.92 Å². The number of rotatable bonds is 11. The summed E-state index contributed by atoms with van der Waals surface area (Å²) in [5, 5.41) is 40.9. The van der Waals surface area contributed by atoms with Crippen LogP contribution in [0.3, 0.4) is 0 Å². The average Bonchev–Trinajstić information content (AvgIpc) is 2.62. The average molecular weight is 378 g/mol. The van der Waals surface area contributed by atoms with Crippen molar-refractivity contribution in [1.82, 2.24) is 0 Å². The first kappa shape index (κ1) is 23.3. The van der Waals surface area contributed by atoms with Crippen LogP contribution in [0.25, 0.3) is 0 Å². The van der Waals surface area contributed by atoms with E-state index in [1.165, 1.54) is 0 Å². The van der Waals surface area contributed by atoms with Crippen molar-refractivity contribution in [1.29, 1.82) is 0 Å². The third-order valence-electron chi connectivity index (χ3n) is 5.30. The van der Waals surface area contributed by atoms with Crippen molar-refractivity contribution in [3.8, 4) is 0 Å². The smallest absolute Gasteiger partial charge is 0.329 e. The van der Waals surface area contributed by atoms with Crippen LogP contribution in [-0.4, -0.2) is 75.9 Å². The molecule has 0 bridgehead atoms. The van der Waals surface area contributed by atoms with Crippen molar-refractivity contribution in [3.63, 3.8) is 0 Å². The summed E-state index contributed by atoms with van der Waals surface area (Å²) in [5.74, 6) is -1.95. The van der Waals surface area contributed by atoms with Gasteiger partial charge in [-0.2, -0.15) is 0 Å². The molecular formula is C18H34O8. The van der Waals surface area contributed by atoms with E-state index in [0.29, 0.717) is 12.8 Å². The molecule has 8 nitrogen and oxygen atoms in total. The molecule has 0 saturated carbocycles. The second kappa shape index (κ2) is 10.5. The van der Waals surface area contributed by atoms with Crippen molar-refractivity contribution in [3.05, 3.63) is 0 Å². The highest BCUT2D eigenvalue weighted by Crippen LogP contribution is 2.38. The normalized spacial score (nSPS) is 29.9. The molecule has 0 aliphatic carbocycles. The Kier molecular flexibility index (Phi) is 9.43. The molecule has 8 heteroatoms. The van der Waals surface area contributed by atoms with Gasteiger partial charge in [-0.3, -0.25) is 0 Å². The monoisotopic (exact) mass is 378 g/mol. The van der Waals surface area contributed by atoms with Crippen LogP contribution in [0.1, 0.15) is 53.4 Å². The molecule has 0 amide bonds. The van der Waals surface area contributed by atoms with Crippen LogP contribution in [0.4, 0.5) is 0 Å². The molecule has 1 aliphatic heterocycles. The number of carboxylic acid groups (broad SMARTS) is 1. The fourth-order valence-electron chi connectivity index (χ4n) is 3.50. The van der Waals surface area contributed by atoms with Gasteiger partial charge in [-0.15, -0.1) is 0 Å². The van der Waals surface area contributed by atoms with E-state index in [1.54, 1.807) is 13.8 Å². The molecule has 0 spiro atoms. The van der Waals surface area contributed by atoms with Crippen LogP contribution >= 0.6 is 0 Å². The largest absolute Gasteiger partial charge is 0.480 e. The summed E-state index contributed by atoms with van der Waals surface area (Å²) in [6.07, 6.45) is -2.50. The number of aliphatic hydroxyl groups excluding tert-OH is 2. The van der Waals surface area contributed by atoms with Crippen molar-refractivity contribution in [2.45, 2.75) is 89.7 Å². The molecule has 0 radical (unpaired) electrons. The quantitative estimate of drug-likeness (QED) is 0.418. The summed E-state index contributed by atoms with van der Waals surface area (Å²) in [4.78, 5) is 10.7. The third-order valence-corrected chi connectivity index (χ3v) is 5.30. The van der Waals surface area contributed by atoms with Gasteiger partial charge in [0.05, 0.1) is 30.5 Å². The van der Waals surface area contributed by atoms with Gasteiger partial charge in [0.1, 0.15) is 12.7 Å². The van der Waals surface area contributed by atoms with Gasteiger partial charge < -0.3 is 34.6 Å². The second-order valence-corrected chi connectivity index (χ2v) is 6.84. The number of hydrogen-bond acceptors (Lipinski definition) is 7. The fourth-order valence-corrected chi connectivity index (χ4v) is 3.50. The van der Waals surface area contributed by atoms with Gasteiger partial charge in [-0.1, -0.05) is 27.7 Å². The zero-order chi connectivity index (χ0) is 19.9. The molecular weight excluding hydrogens is 344 g/mol. The molecule has 4 N–H and O–H groups in total. The van der Waals surface area contributed by atoms with E-state index in [0.717, 1.165) is 12.8 Å². The summed E-state index contributed by atoms with van der Waals surface area (Å²) in [6.45, 7) is 6.81. The van der Waals surface area contributed by atoms with Crippen molar-refractivity contribution >= 4 is 5.97 Å². The van der Waals surface area contributed by atoms with Crippen LogP contribution < -0.4 is 0 Å². The zero-order valence-electron chi connectivity index (χ0n) is 16.1. The summed E-state index contributed by atoms with van der Waals surface area (Å²) in [5.41, 5.74) is -1.28. The lowest BCUT2D eigenvalue weighted by Crippen LogP contribution is -2.63. The molecule has 5 atom stereocenters. The molecule has 1 fully saturated rings. The highest BCUT2D eigenvalue weighted by atomic mass is 16.7. The summed E-state index contributed by atoms with van der Waals surface area (Å²) in [6, 6.07) is 0. The SMILES string of the molecule is CCC(CC)OC1OC(COCC(=O)O)C(C(O)(CC)CC)C(O)C1O. The van der Waals surface area contributed by atoms with Crippen LogP contribution in [0, 0.1) is 5.92 Å². The molecule has 1 heterocycles. The number of ether oxygens (including phenoxy) is 3. The minimum absolute atomic E-state index is 0.133. The van der Waals surface area contributed by atoms with Gasteiger partial charge in [0.2, 0.25) is 0 Å². The predicted octanol–water partition coefficient (Wildman–Crippen LogP) is 0.907. The van der Waals surface area contributed by atoms with Crippen molar-refractivity contribution in [2.75, 3.05) is 13.2 Å². The van der Waals surface area contributed by atoms with E-state index in [9.17, 15) is 20.1 Å². The summed E-state index contributed by atoms with van der Waals surface area (Å²) < 4.78 is 16.8. The number of carbonyl (C=O) groups is 1. The maximum atomic E-state index is 10.9. The molecule has 1 aliphatic rings. The Bertz CT molecular complexity index is 421. The first-order valence-electron chi connectivity index (χ1n) is 9.42. The lowest BCUT2D eigenvalue weighted by atomic mass is 9.73. The number of aliphatic hydroxyl groups is 3. The van der Waals surface area contributed by atoms with E-state index in [2.05, 4.69) is 0 Å². The van der Waals surface area contributed by atoms with Crippen LogP contribution in [0.15, 0.2) is 0 Å². The lowest BCUT2D eigenvalue weighted by Gasteiger charge is -2.49. The molecule has 26 heavy (non-hydrogen) atoms. The van der Waals surface area contributed by atoms with Crippen LogP contribution in [0.2, 0.25) is 0 Å². The molecule has 0 aromatic rings. The number of carboxylic acids is 1. The Morgan fingerprint density at radius 3 is 2.15 bits per heavy atom. The highest BCUT2D eigenvalue weighted by Gasteiger charge is 2.53. The van der Waals surface area contributed by atoms with Gasteiger partial charge >= 0.3 is 5.97 Å². The van der Waals surface area contributed by atoms with E-state index >= 15 is 0 Å². The Morgan fingerprint density at radius 2 is 1.69 bits per heavy atom. The van der Waals surface area contributed by atoms with Crippen molar-refractivity contribution < 1.29 is 39.4 Å². The molecule has 1 saturated heterocycles. The Balaban J connectivity index is 3.02. The van der Waals surface area contributed by atoms with Crippen molar-refractivity contribution in [2.24, 2.45) is 5.92 Å². The van der Waals surface area contributed by atoms with Crippen LogP contribution in [-0.2, 0) is 19.0 Å². The first-order chi connectivity index (χ1) is 12.2. The molecule has 0 aromatic carbocycles. The standard InChI is InChI=1S/C18H34O8/c1-5-11(6-2)25-17-16(22)15(21)14(18(23,7-3)8-4)12(26-17)9-24-10-13(19)20/h11-12,14-17,21-23H,5-10H2,1-4H3,(H,19,20). The van der Waals surface area contributed by atoms with E-state index in [1.807, 2.05) is 13.8 Å². The topological polar surface area (TPSA) is 126 Å². The molecule has 5 unspecified atom stereocenters. The summed E-state index contributed by atoms with van der Waals surface area (Å²) in [7, 11) is 0. The highest BCUT2D eigenvalue weighted by molar-refractivity contribution is 5.67. The zero-order valence-corrected chi connectivity index (χ0v) is 16.1. The minimum Gasteiger partial charge on any atom is -0.480 e. The molecule has 154 valence electrons. The fraction of sp³-hybridized carbons (Fsp3) is 0.944. The van der Waals surface area contributed by atoms with E-state index in [-0.39, 0.29) is 12.7 Å². The Hall–Kier alpha value is -0.770. The maximum Gasteiger partial charge on any atom is 0.329 e. The van der Waals surface area contributed by atoms with Gasteiger partial charge in [-0.25, -0.2) is 4.79 Å². The lowest BCUT2D eigenvalue weighted by molar-refractivity contribution is -0.322. The first-order valence-corrected chi connectivity index (χ1v) is 9.42. The molecule has 0 aromatic heterocycles. The van der Waals surface area contributed by atoms with Crippen LogP contribution in [0.5, 0.6) is 0 Å². The Labute approximate surface area is 155 Å². The van der Waals surface area contributed by atoms with E-state index < -0.39 is 48.7 Å². The number of hydrogen-bond donors (Lipinski definition) is 4. The summed E-state index contributed by atoms with van der Waals surface area (Å²) >= 11 is 0. The molecule has 1 rings (SSSR count). The van der Waals surface area contributed by atoms with E-state index in [4.69, 9.17) is 19.3 Å². The van der Waals surface area contributed by atoms with Gasteiger partial charge in [0.25, 0.3) is 0 Å². The maximum absolute atomic E-state index is 10.9. The minimum atomic E-state index is -1.32. The second-order valence-electron chi connectivity index (χ2n) is 6.84. The Morgan fingerprint density at radius 1 is 1.12 bits per heavy atom. The predicted molar refractivity (Wildman–Crippen MR) is 93.6 cm³/mol. The number of aliphatic carboxylic acids is 1.